The summed E-state index contributed by atoms with van der Waals surface area (Å²) in [7, 11) is 0. The lowest BCUT2D eigenvalue weighted by molar-refractivity contribution is -0.145. The Hall–Kier alpha value is -1.98. The number of rotatable bonds is 4. The van der Waals surface area contributed by atoms with Gasteiger partial charge in [-0.05, 0) is 30.9 Å². The number of amides is 1. The molecule has 1 aromatic rings. The first-order valence-corrected chi connectivity index (χ1v) is 6.66. The average molecular weight is 280 g/mol. The summed E-state index contributed by atoms with van der Waals surface area (Å²) < 4.78 is 12.7. The van der Waals surface area contributed by atoms with E-state index in [1.54, 1.807) is 0 Å². The molecule has 2 rings (SSSR count). The van der Waals surface area contributed by atoms with E-state index >= 15 is 0 Å². The van der Waals surface area contributed by atoms with E-state index in [-0.39, 0.29) is 11.8 Å². The second kappa shape index (κ2) is 5.98. The van der Waals surface area contributed by atoms with Gasteiger partial charge < -0.3 is 10.4 Å². The third kappa shape index (κ3) is 3.12. The van der Waals surface area contributed by atoms with E-state index in [0.29, 0.717) is 18.5 Å². The van der Waals surface area contributed by atoms with Crippen molar-refractivity contribution in [3.63, 3.8) is 0 Å². The number of carboxylic acid groups (broad SMARTS) is 1. The summed E-state index contributed by atoms with van der Waals surface area (Å²) in [6.45, 7) is 1.99. The number of carboxylic acids is 1. The predicted octanol–water partition coefficient (Wildman–Crippen LogP) is 2.30. The quantitative estimate of drug-likeness (QED) is 0.829. The molecule has 1 aromatic heterocycles. The molecule has 3 atom stereocenters. The number of pyridine rings is 1. The summed E-state index contributed by atoms with van der Waals surface area (Å²) in [5.41, 5.74) is 0.375. The van der Waals surface area contributed by atoms with Crippen LogP contribution in [-0.2, 0) is 9.59 Å². The molecule has 0 saturated heterocycles. The summed E-state index contributed by atoms with van der Waals surface area (Å²) >= 11 is 0. The van der Waals surface area contributed by atoms with Gasteiger partial charge in [-0.3, -0.25) is 9.59 Å². The number of nitrogens with zero attached hydrogens (tertiary/aromatic N) is 1. The largest absolute Gasteiger partial charge is 0.481 e. The van der Waals surface area contributed by atoms with E-state index in [9.17, 15) is 19.1 Å². The van der Waals surface area contributed by atoms with Gasteiger partial charge in [0.15, 0.2) is 0 Å². The van der Waals surface area contributed by atoms with Crippen LogP contribution in [0.4, 0.5) is 10.1 Å². The first kappa shape index (κ1) is 14.4. The maximum atomic E-state index is 12.7. The van der Waals surface area contributed by atoms with Crippen molar-refractivity contribution in [1.82, 2.24) is 4.98 Å². The van der Waals surface area contributed by atoms with Gasteiger partial charge in [0.1, 0.15) is 0 Å². The van der Waals surface area contributed by atoms with Gasteiger partial charge in [-0.25, -0.2) is 4.98 Å². The fourth-order valence-electron chi connectivity index (χ4n) is 2.72. The lowest BCUT2D eigenvalue weighted by atomic mass is 9.95. The van der Waals surface area contributed by atoms with Crippen molar-refractivity contribution in [2.45, 2.75) is 26.2 Å². The predicted molar refractivity (Wildman–Crippen MR) is 70.5 cm³/mol. The molecule has 20 heavy (non-hydrogen) atoms. The van der Waals surface area contributed by atoms with E-state index in [4.69, 9.17) is 0 Å². The molecule has 2 N–H and O–H groups in total. The minimum Gasteiger partial charge on any atom is -0.481 e. The summed E-state index contributed by atoms with van der Waals surface area (Å²) in [4.78, 5) is 26.9. The molecule has 1 fully saturated rings. The van der Waals surface area contributed by atoms with Crippen LogP contribution in [0.5, 0.6) is 0 Å². The number of carbonyl (C=O) groups is 2. The van der Waals surface area contributed by atoms with Gasteiger partial charge in [0.05, 0.1) is 23.7 Å². The zero-order valence-corrected chi connectivity index (χ0v) is 11.2. The van der Waals surface area contributed by atoms with Gasteiger partial charge in [-0.1, -0.05) is 13.3 Å². The molecule has 5 nitrogen and oxygen atoms in total. The van der Waals surface area contributed by atoms with Crippen LogP contribution in [-0.4, -0.2) is 22.0 Å². The monoisotopic (exact) mass is 280 g/mol. The van der Waals surface area contributed by atoms with E-state index in [1.165, 1.54) is 12.3 Å². The number of carbonyl (C=O) groups excluding carboxylic acids is 1. The van der Waals surface area contributed by atoms with Crippen LogP contribution in [0.3, 0.4) is 0 Å². The van der Waals surface area contributed by atoms with Crippen LogP contribution in [0.15, 0.2) is 18.3 Å². The van der Waals surface area contributed by atoms with Crippen molar-refractivity contribution in [3.05, 3.63) is 24.3 Å². The Bertz CT molecular complexity index is 504. The van der Waals surface area contributed by atoms with Crippen LogP contribution in [0.1, 0.15) is 26.2 Å². The Morgan fingerprint density at radius 1 is 1.40 bits per heavy atom. The van der Waals surface area contributed by atoms with Crippen molar-refractivity contribution in [3.8, 4) is 0 Å². The molecule has 108 valence electrons. The van der Waals surface area contributed by atoms with E-state index in [1.807, 2.05) is 6.92 Å². The second-order valence-corrected chi connectivity index (χ2v) is 5.16. The summed E-state index contributed by atoms with van der Waals surface area (Å²) in [5.74, 6) is -2.81. The Balaban J connectivity index is 2.07. The molecule has 0 aliphatic heterocycles. The fourth-order valence-corrected chi connectivity index (χ4v) is 2.72. The van der Waals surface area contributed by atoms with Crippen LogP contribution in [0.25, 0.3) is 0 Å². The van der Waals surface area contributed by atoms with Gasteiger partial charge in [0.2, 0.25) is 11.9 Å². The van der Waals surface area contributed by atoms with Gasteiger partial charge in [0.25, 0.3) is 0 Å². The molecule has 0 bridgehead atoms. The highest BCUT2D eigenvalue weighted by Crippen LogP contribution is 2.38. The minimum absolute atomic E-state index is 0.262. The highest BCUT2D eigenvalue weighted by atomic mass is 19.1. The average Bonchev–Trinajstić information content (AvgIpc) is 2.86. The van der Waals surface area contributed by atoms with Gasteiger partial charge in [0, 0.05) is 0 Å². The molecule has 6 heteroatoms. The van der Waals surface area contributed by atoms with E-state index < -0.39 is 23.8 Å². The third-order valence-electron chi connectivity index (χ3n) is 3.89. The van der Waals surface area contributed by atoms with Crippen LogP contribution < -0.4 is 5.32 Å². The summed E-state index contributed by atoms with van der Waals surface area (Å²) in [6, 6.07) is 2.55. The SMILES string of the molecule is CCC1CC(C(=O)O)C(C(=O)Nc2ccc(F)nc2)C1. The molecule has 0 radical (unpaired) electrons. The van der Waals surface area contributed by atoms with Crippen molar-refractivity contribution in [2.24, 2.45) is 17.8 Å². The normalized spacial score (nSPS) is 25.4. The van der Waals surface area contributed by atoms with Crippen LogP contribution in [0, 0.1) is 23.7 Å². The molecule has 1 aliphatic carbocycles. The molecule has 1 saturated carbocycles. The van der Waals surface area contributed by atoms with E-state index in [2.05, 4.69) is 10.3 Å². The highest BCUT2D eigenvalue weighted by molar-refractivity contribution is 5.95. The topological polar surface area (TPSA) is 79.3 Å². The maximum Gasteiger partial charge on any atom is 0.307 e. The van der Waals surface area contributed by atoms with Crippen LogP contribution >= 0.6 is 0 Å². The van der Waals surface area contributed by atoms with Gasteiger partial charge in [-0.2, -0.15) is 4.39 Å². The van der Waals surface area contributed by atoms with Crippen LogP contribution in [0.2, 0.25) is 0 Å². The number of hydrogen-bond acceptors (Lipinski definition) is 3. The Labute approximate surface area is 116 Å². The Morgan fingerprint density at radius 2 is 2.10 bits per heavy atom. The number of halogens is 1. The first-order chi connectivity index (χ1) is 9.51. The van der Waals surface area contributed by atoms with Gasteiger partial charge in [-0.15, -0.1) is 0 Å². The molecular weight excluding hydrogens is 263 g/mol. The smallest absolute Gasteiger partial charge is 0.307 e. The summed E-state index contributed by atoms with van der Waals surface area (Å²) in [5, 5.41) is 11.8. The van der Waals surface area contributed by atoms with E-state index in [0.717, 1.165) is 12.5 Å². The molecule has 0 spiro atoms. The van der Waals surface area contributed by atoms with Crippen molar-refractivity contribution in [1.29, 1.82) is 0 Å². The fraction of sp³-hybridized carbons (Fsp3) is 0.500. The third-order valence-corrected chi connectivity index (χ3v) is 3.89. The number of nitrogens with one attached hydrogen (secondary N) is 1. The molecule has 1 heterocycles. The maximum absolute atomic E-state index is 12.7. The first-order valence-electron chi connectivity index (χ1n) is 6.66. The molecular formula is C14H17FN2O3. The molecule has 1 aliphatic rings. The van der Waals surface area contributed by atoms with Crippen molar-refractivity contribution in [2.75, 3.05) is 5.32 Å². The zero-order valence-electron chi connectivity index (χ0n) is 11.2. The zero-order chi connectivity index (χ0) is 14.7. The Morgan fingerprint density at radius 3 is 2.65 bits per heavy atom. The van der Waals surface area contributed by atoms with Crippen molar-refractivity contribution >= 4 is 17.6 Å². The number of hydrogen-bond donors (Lipinski definition) is 2. The molecule has 1 amide bonds. The summed E-state index contributed by atoms with van der Waals surface area (Å²) in [6.07, 6.45) is 3.19. The lowest BCUT2D eigenvalue weighted by Crippen LogP contribution is -2.30. The second-order valence-electron chi connectivity index (χ2n) is 5.16. The number of aromatic nitrogens is 1. The minimum atomic E-state index is -0.932. The van der Waals surface area contributed by atoms with Crippen molar-refractivity contribution < 1.29 is 19.1 Å². The van der Waals surface area contributed by atoms with Gasteiger partial charge >= 0.3 is 5.97 Å². The molecule has 0 aromatic carbocycles. The lowest BCUT2D eigenvalue weighted by Gasteiger charge is -2.15. The standard InChI is InChI=1S/C14H17FN2O3/c1-2-8-5-10(11(6-8)14(19)20)13(18)17-9-3-4-12(15)16-7-9/h3-4,7-8,10-11H,2,5-6H2,1H3,(H,17,18)(H,19,20). The highest BCUT2D eigenvalue weighted by Gasteiger charge is 2.42. The number of anilines is 1. The number of aliphatic carboxylic acids is 1. The molecule has 3 unspecified atom stereocenters. The Kier molecular flexibility index (Phi) is 4.32.